The van der Waals surface area contributed by atoms with Crippen molar-refractivity contribution in [1.82, 2.24) is 5.32 Å². The predicted octanol–water partition coefficient (Wildman–Crippen LogP) is 3.70. The van der Waals surface area contributed by atoms with Gasteiger partial charge < -0.3 is 10.2 Å². The van der Waals surface area contributed by atoms with Crippen LogP contribution in [0.4, 0.5) is 10.1 Å². The van der Waals surface area contributed by atoms with Crippen LogP contribution >= 0.6 is 0 Å². The smallest absolute Gasteiger partial charge is 0.146 e. The second-order valence-corrected chi connectivity index (χ2v) is 5.69. The highest BCUT2D eigenvalue weighted by atomic mass is 19.1. The van der Waals surface area contributed by atoms with Crippen LogP contribution in [0.5, 0.6) is 0 Å². The number of nitrogens with one attached hydrogen (secondary N) is 1. The number of anilines is 1. The van der Waals surface area contributed by atoms with E-state index in [1.165, 1.54) is 12.8 Å². The van der Waals surface area contributed by atoms with Crippen molar-refractivity contribution >= 4 is 5.69 Å². The molecule has 0 heterocycles. The molecule has 0 bridgehead atoms. The SMILES string of the molecule is CCCC(C)N(C)c1ccc(CNC2CC2)cc1F. The molecule has 0 spiro atoms. The van der Waals surface area contributed by atoms with Crippen molar-refractivity contribution in [3.8, 4) is 0 Å². The average Bonchev–Trinajstić information content (AvgIpc) is 3.20. The molecule has 0 aliphatic heterocycles. The van der Waals surface area contributed by atoms with E-state index in [0.717, 1.165) is 24.9 Å². The maximum absolute atomic E-state index is 14.2. The molecule has 1 aliphatic rings. The maximum atomic E-state index is 14.2. The summed E-state index contributed by atoms with van der Waals surface area (Å²) in [5.74, 6) is -0.111. The molecule has 1 unspecified atom stereocenters. The van der Waals surface area contributed by atoms with E-state index in [9.17, 15) is 4.39 Å². The minimum absolute atomic E-state index is 0.111. The van der Waals surface area contributed by atoms with Gasteiger partial charge in [-0.05, 0) is 43.9 Å². The number of halogens is 1. The third kappa shape index (κ3) is 3.93. The van der Waals surface area contributed by atoms with E-state index < -0.39 is 0 Å². The highest BCUT2D eigenvalue weighted by Crippen LogP contribution is 2.24. The van der Waals surface area contributed by atoms with Crippen LogP contribution in [0.25, 0.3) is 0 Å². The van der Waals surface area contributed by atoms with Crippen molar-refractivity contribution < 1.29 is 4.39 Å². The van der Waals surface area contributed by atoms with Gasteiger partial charge in [-0.2, -0.15) is 0 Å². The van der Waals surface area contributed by atoms with Crippen LogP contribution in [-0.4, -0.2) is 19.1 Å². The molecule has 3 heteroatoms. The van der Waals surface area contributed by atoms with Crippen molar-refractivity contribution in [3.05, 3.63) is 29.6 Å². The molecule has 1 fully saturated rings. The number of hydrogen-bond acceptors (Lipinski definition) is 2. The molecule has 1 aliphatic carbocycles. The van der Waals surface area contributed by atoms with Crippen LogP contribution in [0.15, 0.2) is 18.2 Å². The largest absolute Gasteiger partial charge is 0.370 e. The number of hydrogen-bond donors (Lipinski definition) is 1. The van der Waals surface area contributed by atoms with E-state index in [-0.39, 0.29) is 5.82 Å². The molecule has 2 nitrogen and oxygen atoms in total. The lowest BCUT2D eigenvalue weighted by molar-refractivity contribution is 0.579. The lowest BCUT2D eigenvalue weighted by atomic mass is 10.1. The molecule has 2 rings (SSSR count). The summed E-state index contributed by atoms with van der Waals surface area (Å²) in [6.45, 7) is 5.08. The van der Waals surface area contributed by atoms with Crippen molar-refractivity contribution in [3.63, 3.8) is 0 Å². The summed E-state index contributed by atoms with van der Waals surface area (Å²) in [6, 6.07) is 6.64. The van der Waals surface area contributed by atoms with Gasteiger partial charge in [-0.25, -0.2) is 4.39 Å². The first kappa shape index (κ1) is 14.3. The topological polar surface area (TPSA) is 15.3 Å². The van der Waals surface area contributed by atoms with Crippen LogP contribution < -0.4 is 10.2 Å². The number of rotatable bonds is 7. The Labute approximate surface area is 116 Å². The second-order valence-electron chi connectivity index (χ2n) is 5.69. The maximum Gasteiger partial charge on any atom is 0.146 e. The summed E-state index contributed by atoms with van der Waals surface area (Å²) in [5, 5.41) is 3.41. The Hall–Kier alpha value is -1.09. The standard InChI is InChI=1S/C16H25FN2/c1-4-5-12(2)19(3)16-9-6-13(10-15(16)17)11-18-14-7-8-14/h6,9-10,12,14,18H,4-5,7-8,11H2,1-3H3. The monoisotopic (exact) mass is 264 g/mol. The Bertz CT molecular complexity index is 415. The zero-order valence-electron chi connectivity index (χ0n) is 12.2. The minimum atomic E-state index is -0.111. The van der Waals surface area contributed by atoms with Gasteiger partial charge in [0.2, 0.25) is 0 Å². The summed E-state index contributed by atoms with van der Waals surface area (Å²) >= 11 is 0. The van der Waals surface area contributed by atoms with E-state index in [2.05, 4.69) is 19.2 Å². The quantitative estimate of drug-likeness (QED) is 0.807. The first-order valence-electron chi connectivity index (χ1n) is 7.36. The first-order chi connectivity index (χ1) is 9.11. The normalized spacial score (nSPS) is 16.4. The Kier molecular flexibility index (Phi) is 4.81. The van der Waals surface area contributed by atoms with Gasteiger partial charge in [-0.15, -0.1) is 0 Å². The molecule has 1 saturated carbocycles. The summed E-state index contributed by atoms with van der Waals surface area (Å²) in [6.07, 6.45) is 4.73. The summed E-state index contributed by atoms with van der Waals surface area (Å²) in [5.41, 5.74) is 1.74. The zero-order chi connectivity index (χ0) is 13.8. The van der Waals surface area contributed by atoms with Gasteiger partial charge in [0, 0.05) is 25.7 Å². The van der Waals surface area contributed by atoms with Crippen molar-refractivity contribution in [2.75, 3.05) is 11.9 Å². The first-order valence-corrected chi connectivity index (χ1v) is 7.36. The highest BCUT2D eigenvalue weighted by Gasteiger charge is 2.20. The second kappa shape index (κ2) is 6.38. The van der Waals surface area contributed by atoms with E-state index in [0.29, 0.717) is 17.8 Å². The molecule has 1 aromatic rings. The summed E-state index contributed by atoms with van der Waals surface area (Å²) in [4.78, 5) is 2.04. The van der Waals surface area contributed by atoms with Gasteiger partial charge in [-0.1, -0.05) is 19.4 Å². The third-order valence-corrected chi connectivity index (χ3v) is 3.93. The molecule has 0 aromatic heterocycles. The van der Waals surface area contributed by atoms with E-state index in [1.54, 1.807) is 6.07 Å². The highest BCUT2D eigenvalue weighted by molar-refractivity contribution is 5.49. The lowest BCUT2D eigenvalue weighted by Crippen LogP contribution is -2.29. The summed E-state index contributed by atoms with van der Waals surface area (Å²) in [7, 11) is 1.97. The molecule has 0 amide bonds. The Morgan fingerprint density at radius 1 is 1.42 bits per heavy atom. The minimum Gasteiger partial charge on any atom is -0.370 e. The molecule has 0 radical (unpaired) electrons. The van der Waals surface area contributed by atoms with Crippen LogP contribution in [-0.2, 0) is 6.54 Å². The van der Waals surface area contributed by atoms with E-state index in [1.807, 2.05) is 24.1 Å². The number of nitrogens with zero attached hydrogens (tertiary/aromatic N) is 1. The van der Waals surface area contributed by atoms with Gasteiger partial charge in [-0.3, -0.25) is 0 Å². The Morgan fingerprint density at radius 3 is 2.74 bits per heavy atom. The van der Waals surface area contributed by atoms with Crippen molar-refractivity contribution in [1.29, 1.82) is 0 Å². The number of benzene rings is 1. The van der Waals surface area contributed by atoms with Gasteiger partial charge >= 0.3 is 0 Å². The van der Waals surface area contributed by atoms with Crippen molar-refractivity contribution in [2.24, 2.45) is 0 Å². The fourth-order valence-corrected chi connectivity index (χ4v) is 2.34. The van der Waals surface area contributed by atoms with Crippen LogP contribution in [0, 0.1) is 5.82 Å². The van der Waals surface area contributed by atoms with E-state index in [4.69, 9.17) is 0 Å². The van der Waals surface area contributed by atoms with Gasteiger partial charge in [0.25, 0.3) is 0 Å². The Balaban J connectivity index is 2.00. The van der Waals surface area contributed by atoms with Gasteiger partial charge in [0.15, 0.2) is 0 Å². The van der Waals surface area contributed by atoms with E-state index >= 15 is 0 Å². The molecular weight excluding hydrogens is 239 g/mol. The summed E-state index contributed by atoms with van der Waals surface area (Å²) < 4.78 is 14.2. The van der Waals surface area contributed by atoms with Crippen molar-refractivity contribution in [2.45, 2.75) is 58.2 Å². The Morgan fingerprint density at radius 2 is 2.16 bits per heavy atom. The molecule has 1 N–H and O–H groups in total. The molecule has 106 valence electrons. The fraction of sp³-hybridized carbons (Fsp3) is 0.625. The van der Waals surface area contributed by atoms with Crippen LogP contribution in [0.1, 0.15) is 45.1 Å². The predicted molar refractivity (Wildman–Crippen MR) is 79.0 cm³/mol. The molecule has 1 aromatic carbocycles. The molecule has 0 saturated heterocycles. The van der Waals surface area contributed by atoms with Gasteiger partial charge in [0.05, 0.1) is 5.69 Å². The average molecular weight is 264 g/mol. The van der Waals surface area contributed by atoms with Gasteiger partial charge in [0.1, 0.15) is 5.82 Å². The van der Waals surface area contributed by atoms with Crippen LogP contribution in [0.2, 0.25) is 0 Å². The fourth-order valence-electron chi connectivity index (χ4n) is 2.34. The molecule has 1 atom stereocenters. The lowest BCUT2D eigenvalue weighted by Gasteiger charge is -2.27. The molecule has 19 heavy (non-hydrogen) atoms. The third-order valence-electron chi connectivity index (χ3n) is 3.93. The zero-order valence-corrected chi connectivity index (χ0v) is 12.2. The molecular formula is C16H25FN2. The van der Waals surface area contributed by atoms with Crippen LogP contribution in [0.3, 0.4) is 0 Å².